The van der Waals surface area contributed by atoms with Crippen LogP contribution in [-0.2, 0) is 16.2 Å². The molecule has 0 unspecified atom stereocenters. The number of rotatable bonds is 6. The van der Waals surface area contributed by atoms with Crippen molar-refractivity contribution in [1.29, 1.82) is 0 Å². The summed E-state index contributed by atoms with van der Waals surface area (Å²) in [4.78, 5) is 27.4. The largest absolute Gasteiger partial charge is 0.490 e. The zero-order valence-corrected chi connectivity index (χ0v) is 16.4. The molecule has 6 nitrogen and oxygen atoms in total. The molecule has 2 amide bonds. The van der Waals surface area contributed by atoms with Crippen LogP contribution in [0.1, 0.15) is 25.0 Å². The molecule has 1 N–H and O–H groups in total. The van der Waals surface area contributed by atoms with Gasteiger partial charge in [0.2, 0.25) is 5.91 Å². The van der Waals surface area contributed by atoms with E-state index in [2.05, 4.69) is 10.3 Å². The summed E-state index contributed by atoms with van der Waals surface area (Å²) in [7, 11) is 0. The van der Waals surface area contributed by atoms with Crippen LogP contribution in [0.5, 0.6) is 11.5 Å². The van der Waals surface area contributed by atoms with Gasteiger partial charge in [-0.25, -0.2) is 0 Å². The minimum absolute atomic E-state index is 0.265. The third-order valence-electron chi connectivity index (χ3n) is 3.71. The molecule has 1 aliphatic rings. The molecule has 1 heterocycles. The summed E-state index contributed by atoms with van der Waals surface area (Å²) in [5.41, 5.74) is 1.84. The molecule has 2 aromatic rings. The Balaban J connectivity index is 1.75. The van der Waals surface area contributed by atoms with E-state index in [1.807, 2.05) is 55.5 Å². The van der Waals surface area contributed by atoms with Crippen LogP contribution in [0.4, 0.5) is 0 Å². The molecule has 0 aromatic heterocycles. The number of amidine groups is 1. The lowest BCUT2D eigenvalue weighted by Gasteiger charge is -2.13. The Hall–Kier alpha value is -3.06. The number of amides is 2. The van der Waals surface area contributed by atoms with E-state index < -0.39 is 0 Å². The quantitative estimate of drug-likeness (QED) is 0.752. The molecule has 28 heavy (non-hydrogen) atoms. The normalized spacial score (nSPS) is 14.7. The van der Waals surface area contributed by atoms with Crippen molar-refractivity contribution in [2.24, 2.45) is 4.99 Å². The summed E-state index contributed by atoms with van der Waals surface area (Å²) in [6.45, 7) is 4.20. The topological polar surface area (TPSA) is 77.0 Å². The van der Waals surface area contributed by atoms with Crippen molar-refractivity contribution in [3.05, 3.63) is 64.6 Å². The number of aliphatic imine (C=N–C) groups is 1. The molecule has 0 bridgehead atoms. The first-order chi connectivity index (χ1) is 13.5. The smallest absolute Gasteiger partial charge is 0.286 e. The lowest BCUT2D eigenvalue weighted by molar-refractivity contribution is -0.117. The standard InChI is InChI=1S/C21H20N2O4S/c1-3-26-18-11-16(12-19-20(25)23-21(28-19)22-14(2)24)9-10-17(18)27-13-15-7-5-4-6-8-15/h4-12H,3,13H2,1-2H3,(H,22,23,24,25)/b19-12-. The summed E-state index contributed by atoms with van der Waals surface area (Å²) < 4.78 is 11.6. The van der Waals surface area contributed by atoms with E-state index in [0.717, 1.165) is 22.9 Å². The molecule has 2 aromatic carbocycles. The van der Waals surface area contributed by atoms with Crippen molar-refractivity contribution in [3.63, 3.8) is 0 Å². The molecule has 3 rings (SSSR count). The van der Waals surface area contributed by atoms with Gasteiger partial charge >= 0.3 is 0 Å². The number of nitrogens with one attached hydrogen (secondary N) is 1. The maximum absolute atomic E-state index is 12.0. The average molecular weight is 396 g/mol. The van der Waals surface area contributed by atoms with Crippen LogP contribution in [0.25, 0.3) is 6.08 Å². The molecule has 0 atom stereocenters. The maximum Gasteiger partial charge on any atom is 0.286 e. The van der Waals surface area contributed by atoms with Crippen LogP contribution < -0.4 is 14.8 Å². The number of thioether (sulfide) groups is 1. The van der Waals surface area contributed by atoms with Gasteiger partial charge in [0.1, 0.15) is 6.61 Å². The second-order valence-electron chi connectivity index (χ2n) is 5.93. The monoisotopic (exact) mass is 396 g/mol. The molecular weight excluding hydrogens is 376 g/mol. The van der Waals surface area contributed by atoms with Crippen molar-refractivity contribution in [2.75, 3.05) is 6.61 Å². The van der Waals surface area contributed by atoms with E-state index in [1.165, 1.54) is 6.92 Å². The maximum atomic E-state index is 12.0. The molecule has 0 saturated heterocycles. The number of nitrogens with zero attached hydrogens (tertiary/aromatic N) is 1. The third kappa shape index (κ3) is 5.23. The van der Waals surface area contributed by atoms with Gasteiger partial charge in [-0.2, -0.15) is 4.99 Å². The van der Waals surface area contributed by atoms with E-state index in [9.17, 15) is 9.59 Å². The van der Waals surface area contributed by atoms with Gasteiger partial charge in [-0.1, -0.05) is 36.4 Å². The molecule has 7 heteroatoms. The molecule has 0 spiro atoms. The summed E-state index contributed by atoms with van der Waals surface area (Å²) in [6.07, 6.45) is 1.72. The van der Waals surface area contributed by atoms with Gasteiger partial charge in [0.15, 0.2) is 16.7 Å². The zero-order chi connectivity index (χ0) is 19.9. The van der Waals surface area contributed by atoms with E-state index in [1.54, 1.807) is 6.08 Å². The van der Waals surface area contributed by atoms with Crippen LogP contribution in [0.15, 0.2) is 58.4 Å². The second kappa shape index (κ2) is 9.23. The van der Waals surface area contributed by atoms with Gasteiger partial charge in [-0.3, -0.25) is 9.59 Å². The minimum Gasteiger partial charge on any atom is -0.490 e. The average Bonchev–Trinajstić information content (AvgIpc) is 3.00. The molecule has 0 aliphatic carbocycles. The first kappa shape index (κ1) is 19.7. The Morgan fingerprint density at radius 1 is 1.14 bits per heavy atom. The fourth-order valence-electron chi connectivity index (χ4n) is 2.50. The highest BCUT2D eigenvalue weighted by Gasteiger charge is 2.22. The highest BCUT2D eigenvalue weighted by atomic mass is 32.2. The van der Waals surface area contributed by atoms with Crippen molar-refractivity contribution in [1.82, 2.24) is 5.32 Å². The molecular formula is C21H20N2O4S. The van der Waals surface area contributed by atoms with E-state index in [-0.39, 0.29) is 17.0 Å². The number of hydrogen-bond acceptors (Lipinski definition) is 5. The van der Waals surface area contributed by atoms with Crippen LogP contribution in [-0.4, -0.2) is 23.6 Å². The molecule has 0 radical (unpaired) electrons. The van der Waals surface area contributed by atoms with E-state index >= 15 is 0 Å². The van der Waals surface area contributed by atoms with Gasteiger partial charge in [0.05, 0.1) is 11.5 Å². The van der Waals surface area contributed by atoms with Gasteiger partial charge in [0, 0.05) is 6.92 Å². The fraction of sp³-hybridized carbons (Fsp3) is 0.190. The molecule has 0 saturated carbocycles. The predicted molar refractivity (Wildman–Crippen MR) is 110 cm³/mol. The highest BCUT2D eigenvalue weighted by Crippen LogP contribution is 2.32. The van der Waals surface area contributed by atoms with Crippen molar-refractivity contribution < 1.29 is 19.1 Å². The summed E-state index contributed by atoms with van der Waals surface area (Å²) in [5, 5.41) is 2.82. The Morgan fingerprint density at radius 2 is 1.93 bits per heavy atom. The first-order valence-electron chi connectivity index (χ1n) is 8.79. The molecule has 1 aliphatic heterocycles. The highest BCUT2D eigenvalue weighted by molar-refractivity contribution is 8.18. The van der Waals surface area contributed by atoms with Gasteiger partial charge in [-0.15, -0.1) is 0 Å². The van der Waals surface area contributed by atoms with Crippen molar-refractivity contribution in [2.45, 2.75) is 20.5 Å². The molecule has 0 fully saturated rings. The van der Waals surface area contributed by atoms with Crippen molar-refractivity contribution >= 4 is 34.8 Å². The van der Waals surface area contributed by atoms with E-state index in [4.69, 9.17) is 9.47 Å². The Labute approximate surface area is 167 Å². The van der Waals surface area contributed by atoms with Gasteiger partial charge in [0.25, 0.3) is 5.91 Å². The molecule has 144 valence electrons. The number of carbonyl (C=O) groups is 2. The van der Waals surface area contributed by atoms with Crippen molar-refractivity contribution in [3.8, 4) is 11.5 Å². The van der Waals surface area contributed by atoms with E-state index in [0.29, 0.717) is 29.6 Å². The SMILES string of the molecule is CCOc1cc(/C=C2\SC(NC(C)=O)=NC2=O)ccc1OCc1ccccc1. The fourth-order valence-corrected chi connectivity index (χ4v) is 3.36. The number of hydrogen-bond donors (Lipinski definition) is 1. The Kier molecular flexibility index (Phi) is 6.49. The van der Waals surface area contributed by atoms with Crippen LogP contribution >= 0.6 is 11.8 Å². The van der Waals surface area contributed by atoms with Crippen LogP contribution in [0.3, 0.4) is 0 Å². The summed E-state index contributed by atoms with van der Waals surface area (Å²) in [5.74, 6) is 0.592. The van der Waals surface area contributed by atoms with Crippen LogP contribution in [0.2, 0.25) is 0 Å². The number of ether oxygens (including phenoxy) is 2. The third-order valence-corrected chi connectivity index (χ3v) is 4.61. The first-order valence-corrected chi connectivity index (χ1v) is 9.60. The number of benzene rings is 2. The predicted octanol–water partition coefficient (Wildman–Crippen LogP) is 3.77. The Morgan fingerprint density at radius 3 is 2.64 bits per heavy atom. The zero-order valence-electron chi connectivity index (χ0n) is 15.6. The van der Waals surface area contributed by atoms with Gasteiger partial charge < -0.3 is 14.8 Å². The lowest BCUT2D eigenvalue weighted by Crippen LogP contribution is -2.23. The lowest BCUT2D eigenvalue weighted by atomic mass is 10.2. The summed E-state index contributed by atoms with van der Waals surface area (Å²) >= 11 is 1.13. The van der Waals surface area contributed by atoms with Gasteiger partial charge in [-0.05, 0) is 48.0 Å². The minimum atomic E-state index is -0.379. The number of carbonyl (C=O) groups excluding carboxylic acids is 2. The van der Waals surface area contributed by atoms with Crippen LogP contribution in [0, 0.1) is 0 Å². The second-order valence-corrected chi connectivity index (χ2v) is 6.96. The summed E-state index contributed by atoms with van der Waals surface area (Å²) in [6, 6.07) is 15.4. The Bertz CT molecular complexity index is 939.